The van der Waals surface area contributed by atoms with E-state index in [4.69, 9.17) is 15.7 Å². The summed E-state index contributed by atoms with van der Waals surface area (Å²) in [4.78, 5) is 2.08. The lowest BCUT2D eigenvalue weighted by Crippen LogP contribution is -2.23. The minimum Gasteiger partial charge on any atom is -0.409 e. The Bertz CT molecular complexity index is 407. The van der Waals surface area contributed by atoms with Crippen LogP contribution in [0.3, 0.4) is 0 Å². The summed E-state index contributed by atoms with van der Waals surface area (Å²) in [5.41, 5.74) is 7.30. The number of nitrogens with zero attached hydrogens (tertiary/aromatic N) is 2. The predicted molar refractivity (Wildman–Crippen MR) is 77.9 cm³/mol. The number of ether oxygens (including phenoxy) is 1. The van der Waals surface area contributed by atoms with Gasteiger partial charge in [-0.05, 0) is 18.6 Å². The Morgan fingerprint density at radius 3 is 2.89 bits per heavy atom. The van der Waals surface area contributed by atoms with E-state index in [0.717, 1.165) is 31.7 Å². The lowest BCUT2D eigenvalue weighted by Gasteiger charge is -2.19. The zero-order valence-electron chi connectivity index (χ0n) is 11.7. The Hall–Kier alpha value is -1.75. The van der Waals surface area contributed by atoms with Crippen molar-refractivity contribution in [1.82, 2.24) is 0 Å². The van der Waals surface area contributed by atoms with Gasteiger partial charge in [-0.15, -0.1) is 0 Å². The van der Waals surface area contributed by atoms with Gasteiger partial charge >= 0.3 is 0 Å². The van der Waals surface area contributed by atoms with Crippen LogP contribution in [0, 0.1) is 0 Å². The monoisotopic (exact) mass is 265 g/mol. The Morgan fingerprint density at radius 2 is 2.21 bits per heavy atom. The smallest absolute Gasteiger partial charge is 0.170 e. The number of oxime groups is 1. The fourth-order valence-corrected chi connectivity index (χ4v) is 1.64. The van der Waals surface area contributed by atoms with Crippen LogP contribution in [0.5, 0.6) is 0 Å². The number of nitrogens with two attached hydrogens (primary N) is 1. The SMILES string of the molecule is CCCCOCCN(C)c1cccc(/C(N)=N/O)c1. The average Bonchev–Trinajstić information content (AvgIpc) is 2.46. The minimum absolute atomic E-state index is 0.120. The number of amidine groups is 1. The van der Waals surface area contributed by atoms with Crippen molar-refractivity contribution in [2.45, 2.75) is 19.8 Å². The maximum atomic E-state index is 8.67. The highest BCUT2D eigenvalue weighted by Crippen LogP contribution is 2.14. The van der Waals surface area contributed by atoms with Crippen molar-refractivity contribution >= 4 is 11.5 Å². The molecule has 0 unspecified atom stereocenters. The summed E-state index contributed by atoms with van der Waals surface area (Å²) in [7, 11) is 1.99. The van der Waals surface area contributed by atoms with Gasteiger partial charge < -0.3 is 20.6 Å². The van der Waals surface area contributed by atoms with Crippen LogP contribution in [0.25, 0.3) is 0 Å². The topological polar surface area (TPSA) is 71.1 Å². The zero-order chi connectivity index (χ0) is 14.1. The van der Waals surface area contributed by atoms with Gasteiger partial charge in [-0.2, -0.15) is 0 Å². The molecule has 0 amide bonds. The van der Waals surface area contributed by atoms with Crippen molar-refractivity contribution in [3.8, 4) is 0 Å². The van der Waals surface area contributed by atoms with Gasteiger partial charge in [0.15, 0.2) is 5.84 Å². The summed E-state index contributed by atoms with van der Waals surface area (Å²) in [5.74, 6) is 0.120. The number of benzene rings is 1. The molecule has 0 radical (unpaired) electrons. The molecule has 0 aromatic heterocycles. The van der Waals surface area contributed by atoms with Crippen LogP contribution < -0.4 is 10.6 Å². The third kappa shape index (κ3) is 5.18. The summed E-state index contributed by atoms with van der Waals surface area (Å²) in [5, 5.41) is 11.7. The molecule has 1 aromatic rings. The third-order valence-corrected chi connectivity index (χ3v) is 2.90. The summed E-state index contributed by atoms with van der Waals surface area (Å²) < 4.78 is 5.53. The summed E-state index contributed by atoms with van der Waals surface area (Å²) in [6, 6.07) is 7.57. The molecule has 106 valence electrons. The predicted octanol–water partition coefficient (Wildman–Crippen LogP) is 2.03. The first kappa shape index (κ1) is 15.3. The van der Waals surface area contributed by atoms with Crippen molar-refractivity contribution in [3.05, 3.63) is 29.8 Å². The van der Waals surface area contributed by atoms with E-state index in [2.05, 4.69) is 17.0 Å². The molecule has 5 heteroatoms. The highest BCUT2D eigenvalue weighted by Gasteiger charge is 2.04. The fraction of sp³-hybridized carbons (Fsp3) is 0.500. The van der Waals surface area contributed by atoms with Gasteiger partial charge in [0.1, 0.15) is 0 Å². The Labute approximate surface area is 114 Å². The largest absolute Gasteiger partial charge is 0.409 e. The van der Waals surface area contributed by atoms with Gasteiger partial charge in [-0.25, -0.2) is 0 Å². The molecule has 0 bridgehead atoms. The molecule has 0 spiro atoms. The number of unbranched alkanes of at least 4 members (excludes halogenated alkanes) is 1. The molecule has 0 atom stereocenters. The molecule has 0 saturated carbocycles. The van der Waals surface area contributed by atoms with E-state index < -0.39 is 0 Å². The summed E-state index contributed by atoms with van der Waals surface area (Å²) in [6.07, 6.45) is 2.25. The maximum Gasteiger partial charge on any atom is 0.170 e. The first-order chi connectivity index (χ1) is 9.19. The molecule has 1 rings (SSSR count). The van der Waals surface area contributed by atoms with Crippen LogP contribution in [0.4, 0.5) is 5.69 Å². The van der Waals surface area contributed by atoms with Crippen molar-refractivity contribution in [2.24, 2.45) is 10.9 Å². The normalized spacial score (nSPS) is 11.6. The minimum atomic E-state index is 0.120. The quantitative estimate of drug-likeness (QED) is 0.248. The standard InChI is InChI=1S/C14H23N3O2/c1-3-4-9-19-10-8-17(2)13-7-5-6-12(11-13)14(15)16-18/h5-7,11,18H,3-4,8-10H2,1-2H3,(H2,15,16). The molecule has 3 N–H and O–H groups in total. The summed E-state index contributed by atoms with van der Waals surface area (Å²) in [6.45, 7) is 4.47. The first-order valence-corrected chi connectivity index (χ1v) is 6.56. The number of likely N-dealkylation sites (N-methyl/N-ethyl adjacent to an activating group) is 1. The highest BCUT2D eigenvalue weighted by atomic mass is 16.5. The van der Waals surface area contributed by atoms with Crippen molar-refractivity contribution in [1.29, 1.82) is 0 Å². The number of rotatable bonds is 8. The molecular weight excluding hydrogens is 242 g/mol. The molecule has 0 heterocycles. The van der Waals surface area contributed by atoms with Crippen molar-refractivity contribution in [3.63, 3.8) is 0 Å². The Kier molecular flexibility index (Phi) is 6.74. The average molecular weight is 265 g/mol. The van der Waals surface area contributed by atoms with Gasteiger partial charge in [0.2, 0.25) is 0 Å². The zero-order valence-corrected chi connectivity index (χ0v) is 11.7. The Balaban J connectivity index is 2.50. The van der Waals surface area contributed by atoms with Gasteiger partial charge in [0.05, 0.1) is 6.61 Å². The molecular formula is C14H23N3O2. The number of anilines is 1. The molecule has 0 aliphatic carbocycles. The fourth-order valence-electron chi connectivity index (χ4n) is 1.64. The maximum absolute atomic E-state index is 8.67. The van der Waals surface area contributed by atoms with Gasteiger partial charge in [-0.1, -0.05) is 30.6 Å². The van der Waals surface area contributed by atoms with Gasteiger partial charge in [0, 0.05) is 31.5 Å². The second kappa shape index (κ2) is 8.37. The number of hydrogen-bond acceptors (Lipinski definition) is 4. The van der Waals surface area contributed by atoms with E-state index in [9.17, 15) is 0 Å². The van der Waals surface area contributed by atoms with E-state index in [1.165, 1.54) is 0 Å². The molecule has 19 heavy (non-hydrogen) atoms. The number of hydrogen-bond donors (Lipinski definition) is 2. The second-order valence-corrected chi connectivity index (χ2v) is 4.42. The highest BCUT2D eigenvalue weighted by molar-refractivity contribution is 5.97. The second-order valence-electron chi connectivity index (χ2n) is 4.42. The van der Waals surface area contributed by atoms with Crippen LogP contribution in [0.1, 0.15) is 25.3 Å². The summed E-state index contributed by atoms with van der Waals surface area (Å²) >= 11 is 0. The van der Waals surface area contributed by atoms with Crippen molar-refractivity contribution in [2.75, 3.05) is 31.7 Å². The van der Waals surface area contributed by atoms with E-state index in [-0.39, 0.29) is 5.84 Å². The Morgan fingerprint density at radius 1 is 1.42 bits per heavy atom. The molecule has 1 aromatic carbocycles. The molecule has 0 fully saturated rings. The van der Waals surface area contributed by atoms with Gasteiger partial charge in [-0.3, -0.25) is 0 Å². The van der Waals surface area contributed by atoms with Crippen molar-refractivity contribution < 1.29 is 9.94 Å². The molecule has 0 aliphatic heterocycles. The van der Waals surface area contributed by atoms with E-state index >= 15 is 0 Å². The molecule has 0 aliphatic rings. The van der Waals surface area contributed by atoms with E-state index in [1.54, 1.807) is 0 Å². The lowest BCUT2D eigenvalue weighted by atomic mass is 10.2. The van der Waals surface area contributed by atoms with E-state index in [1.807, 2.05) is 31.3 Å². The van der Waals surface area contributed by atoms with Crippen LogP contribution >= 0.6 is 0 Å². The molecule has 0 saturated heterocycles. The first-order valence-electron chi connectivity index (χ1n) is 6.56. The molecule has 5 nitrogen and oxygen atoms in total. The van der Waals surface area contributed by atoms with Gasteiger partial charge in [0.25, 0.3) is 0 Å². The van der Waals surface area contributed by atoms with E-state index in [0.29, 0.717) is 12.2 Å². The lowest BCUT2D eigenvalue weighted by molar-refractivity contribution is 0.138. The van der Waals surface area contributed by atoms with Crippen LogP contribution in [-0.4, -0.2) is 37.8 Å². The van der Waals surface area contributed by atoms with Crippen LogP contribution in [0.15, 0.2) is 29.4 Å². The third-order valence-electron chi connectivity index (χ3n) is 2.90. The van der Waals surface area contributed by atoms with Crippen LogP contribution in [0.2, 0.25) is 0 Å². The van der Waals surface area contributed by atoms with Crippen LogP contribution in [-0.2, 0) is 4.74 Å².